The average molecular weight is 324 g/mol. The molecule has 1 aromatic carbocycles. The van der Waals surface area contributed by atoms with Crippen molar-refractivity contribution in [2.24, 2.45) is 11.8 Å². The summed E-state index contributed by atoms with van der Waals surface area (Å²) in [5.74, 6) is 0.861. The molecule has 0 unspecified atom stereocenters. The van der Waals surface area contributed by atoms with Crippen molar-refractivity contribution in [3.63, 3.8) is 0 Å². The third-order valence-corrected chi connectivity index (χ3v) is 5.91. The van der Waals surface area contributed by atoms with Crippen molar-refractivity contribution in [2.45, 2.75) is 46.1 Å². The second-order valence-corrected chi connectivity index (χ2v) is 8.51. The quantitative estimate of drug-likeness (QED) is 0.875. The normalized spacial score (nSPS) is 25.0. The van der Waals surface area contributed by atoms with E-state index in [1.165, 1.54) is 5.56 Å². The largest absolute Gasteiger partial charge is 0.279 e. The lowest BCUT2D eigenvalue weighted by Crippen LogP contribution is -2.50. The molecule has 3 atom stereocenters. The Hall–Kier alpha value is -0.910. The molecule has 0 spiro atoms. The Bertz CT molecular complexity index is 549. The van der Waals surface area contributed by atoms with Crippen LogP contribution in [0.2, 0.25) is 0 Å². The summed E-state index contributed by atoms with van der Waals surface area (Å²) in [5.41, 5.74) is 1.24. The van der Waals surface area contributed by atoms with E-state index in [0.29, 0.717) is 24.9 Å². The van der Waals surface area contributed by atoms with Crippen LogP contribution in [0.3, 0.4) is 0 Å². The zero-order valence-corrected chi connectivity index (χ0v) is 14.6. The molecule has 1 saturated heterocycles. The summed E-state index contributed by atoms with van der Waals surface area (Å²) in [5, 5.41) is 0. The molecule has 0 amide bonds. The monoisotopic (exact) mass is 324 g/mol. The van der Waals surface area contributed by atoms with Crippen LogP contribution in [-0.4, -0.2) is 31.9 Å². The first-order valence-electron chi connectivity index (χ1n) is 8.18. The number of benzene rings is 1. The summed E-state index contributed by atoms with van der Waals surface area (Å²) >= 11 is 0. The molecule has 0 aromatic heterocycles. The first kappa shape index (κ1) is 17.4. The van der Waals surface area contributed by atoms with Gasteiger partial charge in [-0.05, 0) is 43.6 Å². The van der Waals surface area contributed by atoms with Gasteiger partial charge >= 0.3 is 0 Å². The molecule has 1 aromatic rings. The highest BCUT2D eigenvalue weighted by Crippen LogP contribution is 2.22. The zero-order chi connectivity index (χ0) is 16.2. The van der Waals surface area contributed by atoms with Crippen LogP contribution < -0.4 is 4.72 Å². The number of hydrogen-bond acceptors (Lipinski definition) is 2. The standard InChI is InChI=1S/C17H28N2O2S/c1-14-11-15(2)13-19(12-14)22(20,21)18-16(3)9-10-17-7-5-4-6-8-17/h4-8,14-16,18H,9-13H2,1-3H3/t14-,15-,16+/m1/s1. The lowest BCUT2D eigenvalue weighted by atomic mass is 9.94. The van der Waals surface area contributed by atoms with Crippen molar-refractivity contribution >= 4 is 10.2 Å². The molecular weight excluding hydrogens is 296 g/mol. The van der Waals surface area contributed by atoms with Crippen LogP contribution in [0.4, 0.5) is 0 Å². The van der Waals surface area contributed by atoms with Crippen LogP contribution in [0.15, 0.2) is 30.3 Å². The van der Waals surface area contributed by atoms with Crippen LogP contribution in [0, 0.1) is 11.8 Å². The third kappa shape index (κ3) is 5.07. The van der Waals surface area contributed by atoms with Gasteiger partial charge in [-0.25, -0.2) is 0 Å². The highest BCUT2D eigenvalue weighted by molar-refractivity contribution is 7.87. The third-order valence-electron chi connectivity index (χ3n) is 4.23. The van der Waals surface area contributed by atoms with Gasteiger partial charge in [0.1, 0.15) is 0 Å². The highest BCUT2D eigenvalue weighted by atomic mass is 32.2. The summed E-state index contributed by atoms with van der Waals surface area (Å²) in [6.45, 7) is 7.45. The predicted octanol–water partition coefficient (Wildman–Crippen LogP) is 2.82. The highest BCUT2D eigenvalue weighted by Gasteiger charge is 2.31. The predicted molar refractivity (Wildman–Crippen MR) is 90.8 cm³/mol. The fraction of sp³-hybridized carbons (Fsp3) is 0.647. The van der Waals surface area contributed by atoms with Crippen molar-refractivity contribution in [1.29, 1.82) is 0 Å². The van der Waals surface area contributed by atoms with E-state index in [1.54, 1.807) is 4.31 Å². The number of nitrogens with zero attached hydrogens (tertiary/aromatic N) is 1. The van der Waals surface area contributed by atoms with E-state index in [0.717, 1.165) is 19.3 Å². The first-order valence-corrected chi connectivity index (χ1v) is 9.62. The van der Waals surface area contributed by atoms with Gasteiger partial charge in [-0.3, -0.25) is 0 Å². The maximum absolute atomic E-state index is 12.5. The van der Waals surface area contributed by atoms with Gasteiger partial charge in [-0.2, -0.15) is 17.4 Å². The topological polar surface area (TPSA) is 49.4 Å². The van der Waals surface area contributed by atoms with Gasteiger partial charge in [0.05, 0.1) is 0 Å². The Kier molecular flexibility index (Phi) is 6.01. The first-order chi connectivity index (χ1) is 10.4. The minimum Gasteiger partial charge on any atom is -0.199 e. The van der Waals surface area contributed by atoms with E-state index < -0.39 is 10.2 Å². The number of piperidine rings is 1. The van der Waals surface area contributed by atoms with E-state index in [9.17, 15) is 8.42 Å². The lowest BCUT2D eigenvalue weighted by Gasteiger charge is -2.34. The van der Waals surface area contributed by atoms with Gasteiger partial charge < -0.3 is 0 Å². The molecule has 1 fully saturated rings. The SMILES string of the molecule is C[C@@H]1C[C@@H](C)CN(S(=O)(=O)N[C@@H](C)CCc2ccccc2)C1. The summed E-state index contributed by atoms with van der Waals surface area (Å²) in [6, 6.07) is 10.1. The van der Waals surface area contributed by atoms with Gasteiger partial charge in [0.15, 0.2) is 0 Å². The smallest absolute Gasteiger partial charge is 0.199 e. The molecule has 0 bridgehead atoms. The Morgan fingerprint density at radius 1 is 1.18 bits per heavy atom. The molecule has 1 N–H and O–H groups in total. The van der Waals surface area contributed by atoms with E-state index in [-0.39, 0.29) is 6.04 Å². The molecule has 124 valence electrons. The van der Waals surface area contributed by atoms with Crippen LogP contribution >= 0.6 is 0 Å². The van der Waals surface area contributed by atoms with Crippen molar-refractivity contribution in [2.75, 3.05) is 13.1 Å². The Balaban J connectivity index is 1.88. The van der Waals surface area contributed by atoms with Gasteiger partial charge in [0.2, 0.25) is 0 Å². The van der Waals surface area contributed by atoms with Crippen molar-refractivity contribution in [3.8, 4) is 0 Å². The minimum absolute atomic E-state index is 0.0576. The molecule has 0 aliphatic carbocycles. The van der Waals surface area contributed by atoms with E-state index in [2.05, 4.69) is 30.7 Å². The fourth-order valence-electron chi connectivity index (χ4n) is 3.22. The molecule has 0 radical (unpaired) electrons. The lowest BCUT2D eigenvalue weighted by molar-refractivity contribution is 0.219. The molecule has 4 nitrogen and oxygen atoms in total. The molecule has 5 heteroatoms. The van der Waals surface area contributed by atoms with Crippen molar-refractivity contribution in [1.82, 2.24) is 9.03 Å². The van der Waals surface area contributed by atoms with E-state index in [4.69, 9.17) is 0 Å². The molecular formula is C17H28N2O2S. The zero-order valence-electron chi connectivity index (χ0n) is 13.8. The Labute approximate surface area is 135 Å². The Morgan fingerprint density at radius 2 is 1.77 bits per heavy atom. The molecule has 1 aliphatic heterocycles. The molecule has 0 saturated carbocycles. The van der Waals surface area contributed by atoms with Gasteiger partial charge in [0.25, 0.3) is 10.2 Å². The van der Waals surface area contributed by atoms with E-state index >= 15 is 0 Å². The van der Waals surface area contributed by atoms with Crippen LogP contribution in [0.25, 0.3) is 0 Å². The molecule has 1 aliphatic rings. The van der Waals surface area contributed by atoms with Gasteiger partial charge in [-0.1, -0.05) is 44.2 Å². The van der Waals surface area contributed by atoms with Crippen LogP contribution in [-0.2, 0) is 16.6 Å². The number of rotatable bonds is 6. The summed E-state index contributed by atoms with van der Waals surface area (Å²) in [7, 11) is -3.37. The van der Waals surface area contributed by atoms with Crippen LogP contribution in [0.1, 0.15) is 39.2 Å². The number of aryl methyl sites for hydroxylation is 1. The fourth-order valence-corrected chi connectivity index (χ4v) is 4.89. The average Bonchev–Trinajstić information content (AvgIpc) is 2.45. The summed E-state index contributed by atoms with van der Waals surface area (Å²) in [4.78, 5) is 0. The second-order valence-electron chi connectivity index (χ2n) is 6.81. The summed E-state index contributed by atoms with van der Waals surface area (Å²) < 4.78 is 29.5. The van der Waals surface area contributed by atoms with Gasteiger partial charge in [0, 0.05) is 19.1 Å². The van der Waals surface area contributed by atoms with Crippen LogP contribution in [0.5, 0.6) is 0 Å². The summed E-state index contributed by atoms with van der Waals surface area (Å²) in [6.07, 6.45) is 2.80. The second kappa shape index (κ2) is 7.57. The maximum Gasteiger partial charge on any atom is 0.279 e. The number of hydrogen-bond donors (Lipinski definition) is 1. The molecule has 22 heavy (non-hydrogen) atoms. The Morgan fingerprint density at radius 3 is 2.36 bits per heavy atom. The number of nitrogens with one attached hydrogen (secondary N) is 1. The van der Waals surface area contributed by atoms with E-state index in [1.807, 2.05) is 25.1 Å². The molecule has 1 heterocycles. The van der Waals surface area contributed by atoms with Crippen molar-refractivity contribution < 1.29 is 8.42 Å². The molecule has 2 rings (SSSR count). The minimum atomic E-state index is -3.37. The van der Waals surface area contributed by atoms with Crippen molar-refractivity contribution in [3.05, 3.63) is 35.9 Å². The van der Waals surface area contributed by atoms with Gasteiger partial charge in [-0.15, -0.1) is 0 Å². The maximum atomic E-state index is 12.5.